The van der Waals surface area contributed by atoms with Crippen molar-refractivity contribution < 1.29 is 0 Å². The lowest BCUT2D eigenvalue weighted by Crippen LogP contribution is -2.15. The molecule has 1 aliphatic carbocycles. The molecule has 266 valence electrons. The summed E-state index contributed by atoms with van der Waals surface area (Å²) in [5, 5.41) is 2.42. The number of hydrogen-bond donors (Lipinski definition) is 0. The molecule has 9 aromatic rings. The van der Waals surface area contributed by atoms with E-state index in [4.69, 9.17) is 0 Å². The number of hydrogen-bond acceptors (Lipinski definition) is 1. The third-order valence-corrected chi connectivity index (χ3v) is 11.7. The molecule has 0 aromatic heterocycles. The maximum Gasteiger partial charge on any atom is 0.0546 e. The smallest absolute Gasteiger partial charge is 0.0546 e. The summed E-state index contributed by atoms with van der Waals surface area (Å²) >= 11 is 0. The van der Waals surface area contributed by atoms with Gasteiger partial charge < -0.3 is 4.90 Å². The molecule has 0 spiro atoms. The van der Waals surface area contributed by atoms with Crippen LogP contribution >= 0.6 is 0 Å². The first-order valence-corrected chi connectivity index (χ1v) is 19.5. The summed E-state index contributed by atoms with van der Waals surface area (Å²) in [6.07, 6.45) is 0. The lowest BCUT2D eigenvalue weighted by molar-refractivity contribution is 0.660. The highest BCUT2D eigenvalue weighted by molar-refractivity contribution is 6.03. The van der Waals surface area contributed by atoms with Gasteiger partial charge >= 0.3 is 0 Å². The second kappa shape index (κ2) is 13.7. The van der Waals surface area contributed by atoms with E-state index in [0.717, 1.165) is 17.1 Å². The van der Waals surface area contributed by atoms with E-state index in [0.29, 0.717) is 0 Å². The van der Waals surface area contributed by atoms with Crippen LogP contribution in [0.3, 0.4) is 0 Å². The van der Waals surface area contributed by atoms with Gasteiger partial charge in [-0.2, -0.15) is 0 Å². The molecule has 0 heterocycles. The molecule has 0 amide bonds. The molecule has 10 rings (SSSR count). The van der Waals surface area contributed by atoms with Crippen molar-refractivity contribution in [2.24, 2.45) is 0 Å². The third-order valence-electron chi connectivity index (χ3n) is 11.7. The molecule has 1 aliphatic rings. The first-order valence-electron chi connectivity index (χ1n) is 19.5. The third kappa shape index (κ3) is 5.63. The van der Waals surface area contributed by atoms with Crippen molar-refractivity contribution >= 4 is 27.8 Å². The Hall–Kier alpha value is -6.96. The van der Waals surface area contributed by atoms with Crippen LogP contribution in [0.25, 0.3) is 66.4 Å². The Morgan fingerprint density at radius 2 is 0.875 bits per heavy atom. The summed E-state index contributed by atoms with van der Waals surface area (Å²) in [6, 6.07) is 77.8. The van der Waals surface area contributed by atoms with Gasteiger partial charge in [-0.05, 0) is 96.7 Å². The minimum absolute atomic E-state index is 0.104. The molecular formula is C55H41N. The Morgan fingerprint density at radius 3 is 1.64 bits per heavy atom. The highest BCUT2D eigenvalue weighted by atomic mass is 15.1. The van der Waals surface area contributed by atoms with Gasteiger partial charge in [0.25, 0.3) is 0 Å². The van der Waals surface area contributed by atoms with Crippen LogP contribution in [-0.4, -0.2) is 0 Å². The lowest BCUT2D eigenvalue weighted by atomic mass is 9.81. The van der Waals surface area contributed by atoms with Gasteiger partial charge in [-0.25, -0.2) is 0 Å². The first-order chi connectivity index (χ1) is 27.6. The van der Waals surface area contributed by atoms with Gasteiger partial charge in [0.2, 0.25) is 0 Å². The van der Waals surface area contributed by atoms with Crippen molar-refractivity contribution in [3.63, 3.8) is 0 Å². The Kier molecular flexibility index (Phi) is 8.23. The topological polar surface area (TPSA) is 3.24 Å². The summed E-state index contributed by atoms with van der Waals surface area (Å²) in [6.45, 7) is 4.72. The zero-order valence-corrected chi connectivity index (χ0v) is 31.7. The molecule has 9 aromatic carbocycles. The standard InChI is InChI=1S/C55H41N/c1-55(2)50-29-15-13-26-47(50)48-35-33-42(37-51(48)55)45-25-14-16-30-52(45)56(43-34-32-38-18-9-10-23-41(38)36-43)53-31-17-28-46(40-21-7-4-8-22-40)54(53)49-27-12-11-24-44(49)39-19-5-3-6-20-39/h3-37H,1-2H3. The van der Waals surface area contributed by atoms with Crippen LogP contribution in [0.4, 0.5) is 17.1 Å². The Morgan fingerprint density at radius 1 is 0.321 bits per heavy atom. The van der Waals surface area contributed by atoms with Gasteiger partial charge in [-0.1, -0.05) is 196 Å². The number of rotatable bonds is 7. The molecule has 56 heavy (non-hydrogen) atoms. The number of para-hydroxylation sites is 1. The van der Waals surface area contributed by atoms with Gasteiger partial charge in [-0.3, -0.25) is 0 Å². The fourth-order valence-corrected chi connectivity index (χ4v) is 8.95. The molecule has 0 radical (unpaired) electrons. The zero-order chi connectivity index (χ0) is 37.6. The van der Waals surface area contributed by atoms with E-state index in [1.54, 1.807) is 0 Å². The van der Waals surface area contributed by atoms with E-state index in [1.165, 1.54) is 77.5 Å². The monoisotopic (exact) mass is 715 g/mol. The second-order valence-corrected chi connectivity index (χ2v) is 15.3. The van der Waals surface area contributed by atoms with E-state index in [2.05, 4.69) is 231 Å². The number of fused-ring (bicyclic) bond motifs is 4. The quantitative estimate of drug-likeness (QED) is 0.159. The van der Waals surface area contributed by atoms with Crippen molar-refractivity contribution in [2.45, 2.75) is 19.3 Å². The average molecular weight is 716 g/mol. The molecular weight excluding hydrogens is 675 g/mol. The molecule has 0 fully saturated rings. The minimum atomic E-state index is -0.104. The van der Waals surface area contributed by atoms with Crippen LogP contribution in [0.15, 0.2) is 212 Å². The normalized spacial score (nSPS) is 12.6. The van der Waals surface area contributed by atoms with Crippen LogP contribution in [0.1, 0.15) is 25.0 Å². The predicted octanol–water partition coefficient (Wildman–Crippen LogP) is 15.3. The van der Waals surface area contributed by atoms with Gasteiger partial charge in [0, 0.05) is 22.2 Å². The highest BCUT2D eigenvalue weighted by Crippen LogP contribution is 2.52. The van der Waals surface area contributed by atoms with E-state index in [1.807, 2.05) is 0 Å². The maximum absolute atomic E-state index is 2.50. The van der Waals surface area contributed by atoms with E-state index in [9.17, 15) is 0 Å². The summed E-state index contributed by atoms with van der Waals surface area (Å²) < 4.78 is 0. The highest BCUT2D eigenvalue weighted by Gasteiger charge is 2.35. The van der Waals surface area contributed by atoms with Crippen LogP contribution in [0.5, 0.6) is 0 Å². The lowest BCUT2D eigenvalue weighted by Gasteiger charge is -2.32. The van der Waals surface area contributed by atoms with Crippen molar-refractivity contribution in [3.8, 4) is 55.6 Å². The maximum atomic E-state index is 2.50. The van der Waals surface area contributed by atoms with E-state index >= 15 is 0 Å². The summed E-state index contributed by atoms with van der Waals surface area (Å²) in [5.74, 6) is 0. The minimum Gasteiger partial charge on any atom is -0.309 e. The van der Waals surface area contributed by atoms with Crippen molar-refractivity contribution in [2.75, 3.05) is 4.90 Å². The van der Waals surface area contributed by atoms with Crippen molar-refractivity contribution in [3.05, 3.63) is 223 Å². The number of nitrogens with zero attached hydrogens (tertiary/aromatic N) is 1. The molecule has 0 unspecified atom stereocenters. The van der Waals surface area contributed by atoms with E-state index < -0.39 is 0 Å². The van der Waals surface area contributed by atoms with Crippen LogP contribution < -0.4 is 4.90 Å². The molecule has 1 heteroatoms. The largest absolute Gasteiger partial charge is 0.309 e. The van der Waals surface area contributed by atoms with Crippen molar-refractivity contribution in [1.29, 1.82) is 0 Å². The zero-order valence-electron chi connectivity index (χ0n) is 31.7. The molecule has 0 N–H and O–H groups in total. The average Bonchev–Trinajstić information content (AvgIpc) is 3.49. The summed E-state index contributed by atoms with van der Waals surface area (Å²) in [5.41, 5.74) is 18.2. The second-order valence-electron chi connectivity index (χ2n) is 15.3. The fourth-order valence-electron chi connectivity index (χ4n) is 8.95. The fraction of sp³-hybridized carbons (Fsp3) is 0.0545. The van der Waals surface area contributed by atoms with E-state index in [-0.39, 0.29) is 5.41 Å². The molecule has 0 saturated carbocycles. The summed E-state index contributed by atoms with van der Waals surface area (Å²) in [4.78, 5) is 2.50. The number of anilines is 3. The Balaban J connectivity index is 1.26. The van der Waals surface area contributed by atoms with Crippen LogP contribution in [0, 0.1) is 0 Å². The van der Waals surface area contributed by atoms with Crippen LogP contribution in [-0.2, 0) is 5.41 Å². The van der Waals surface area contributed by atoms with Crippen LogP contribution in [0.2, 0.25) is 0 Å². The number of benzene rings is 9. The molecule has 0 atom stereocenters. The molecule has 0 bridgehead atoms. The molecule has 1 nitrogen and oxygen atoms in total. The van der Waals surface area contributed by atoms with Gasteiger partial charge in [0.15, 0.2) is 0 Å². The SMILES string of the molecule is CC1(C)c2ccccc2-c2ccc(-c3ccccc3N(c3ccc4ccccc4c3)c3cccc(-c4ccccc4)c3-c3ccccc3-c3ccccc3)cc21. The van der Waals surface area contributed by atoms with Gasteiger partial charge in [0.05, 0.1) is 11.4 Å². The van der Waals surface area contributed by atoms with Crippen molar-refractivity contribution in [1.82, 2.24) is 0 Å². The van der Waals surface area contributed by atoms with Gasteiger partial charge in [-0.15, -0.1) is 0 Å². The Labute approximate surface area is 329 Å². The Bertz CT molecular complexity index is 2880. The van der Waals surface area contributed by atoms with Gasteiger partial charge in [0.1, 0.15) is 0 Å². The predicted molar refractivity (Wildman–Crippen MR) is 238 cm³/mol. The summed E-state index contributed by atoms with van der Waals surface area (Å²) in [7, 11) is 0. The molecule has 0 aliphatic heterocycles. The first kappa shape index (κ1) is 33.6. The molecule has 0 saturated heterocycles.